The number of hydrogen-bond donors (Lipinski definition) is 1. The van der Waals surface area contributed by atoms with Gasteiger partial charge in [-0.15, -0.1) is 10.2 Å². The zero-order valence-electron chi connectivity index (χ0n) is 11.3. The van der Waals surface area contributed by atoms with Gasteiger partial charge in [0.25, 0.3) is 0 Å². The number of nitrogens with zero attached hydrogens (tertiary/aromatic N) is 2. The molecule has 21 heavy (non-hydrogen) atoms. The van der Waals surface area contributed by atoms with Crippen molar-refractivity contribution >= 4 is 17.3 Å². The van der Waals surface area contributed by atoms with Crippen LogP contribution in [-0.2, 0) is 0 Å². The van der Waals surface area contributed by atoms with Gasteiger partial charge in [0.2, 0.25) is 0 Å². The molecule has 5 heteroatoms. The van der Waals surface area contributed by atoms with E-state index in [0.717, 1.165) is 16.7 Å². The average Bonchev–Trinajstić information content (AvgIpc) is 3.01. The maximum Gasteiger partial charge on any atom is 0.336 e. The summed E-state index contributed by atoms with van der Waals surface area (Å²) < 4.78 is 0. The minimum absolute atomic E-state index is 0.241. The normalized spacial score (nSPS) is 10.5. The van der Waals surface area contributed by atoms with Crippen molar-refractivity contribution in [1.82, 2.24) is 10.2 Å². The van der Waals surface area contributed by atoms with Gasteiger partial charge in [0.1, 0.15) is 10.5 Å². The number of rotatable bonds is 3. The molecule has 3 rings (SSSR count). The Kier molecular flexibility index (Phi) is 3.50. The van der Waals surface area contributed by atoms with Crippen LogP contribution < -0.4 is 0 Å². The van der Waals surface area contributed by atoms with E-state index in [-0.39, 0.29) is 5.56 Å². The predicted octanol–water partition coefficient (Wildman–Crippen LogP) is 3.88. The monoisotopic (exact) mass is 296 g/mol. The van der Waals surface area contributed by atoms with Gasteiger partial charge in [-0.25, -0.2) is 4.79 Å². The Morgan fingerprint density at radius 1 is 1.14 bits per heavy atom. The fourth-order valence-electron chi connectivity index (χ4n) is 2.22. The second-order valence-corrected chi connectivity index (χ2v) is 5.48. The van der Waals surface area contributed by atoms with E-state index < -0.39 is 5.97 Å². The summed E-state index contributed by atoms with van der Waals surface area (Å²) in [6.07, 6.45) is 0. The zero-order chi connectivity index (χ0) is 14.8. The van der Waals surface area contributed by atoms with E-state index >= 15 is 0 Å². The third kappa shape index (κ3) is 2.55. The van der Waals surface area contributed by atoms with Crippen LogP contribution in [0.4, 0.5) is 0 Å². The van der Waals surface area contributed by atoms with Crippen molar-refractivity contribution in [2.24, 2.45) is 0 Å². The summed E-state index contributed by atoms with van der Waals surface area (Å²) >= 11 is 1.33. The molecule has 0 bridgehead atoms. The van der Waals surface area contributed by atoms with E-state index in [9.17, 15) is 9.90 Å². The van der Waals surface area contributed by atoms with Gasteiger partial charge in [0.05, 0.1) is 5.56 Å². The molecule has 1 N–H and O–H groups in total. The number of carboxylic acids is 1. The van der Waals surface area contributed by atoms with Gasteiger partial charge in [-0.3, -0.25) is 0 Å². The Balaban J connectivity index is 2.28. The zero-order valence-corrected chi connectivity index (χ0v) is 12.1. The first-order valence-corrected chi connectivity index (χ1v) is 7.24. The van der Waals surface area contributed by atoms with Crippen LogP contribution in [0.1, 0.15) is 15.9 Å². The molecule has 0 amide bonds. The molecule has 0 aliphatic heterocycles. The molecule has 3 aromatic rings. The van der Waals surface area contributed by atoms with E-state index in [0.29, 0.717) is 10.6 Å². The molecule has 1 aromatic heterocycles. The topological polar surface area (TPSA) is 63.1 Å². The maximum atomic E-state index is 11.5. The standard InChI is InChI=1S/C16H12N2O2S/c1-10-5-7-11(8-6-10)12-3-2-4-13(16(19)20)14(12)15-18-17-9-21-15/h2-9H,1H3,(H,19,20). The fourth-order valence-corrected chi connectivity index (χ4v) is 2.84. The molecular weight excluding hydrogens is 284 g/mol. The van der Waals surface area contributed by atoms with Crippen LogP contribution >= 0.6 is 11.3 Å². The van der Waals surface area contributed by atoms with Crippen molar-refractivity contribution in [2.75, 3.05) is 0 Å². The molecule has 104 valence electrons. The Morgan fingerprint density at radius 2 is 1.90 bits per heavy atom. The van der Waals surface area contributed by atoms with Crippen molar-refractivity contribution in [3.05, 3.63) is 59.1 Å². The summed E-state index contributed by atoms with van der Waals surface area (Å²) in [5.74, 6) is -0.964. The summed E-state index contributed by atoms with van der Waals surface area (Å²) in [4.78, 5) is 11.5. The molecular formula is C16H12N2O2S. The number of aromatic nitrogens is 2. The highest BCUT2D eigenvalue weighted by molar-refractivity contribution is 7.12. The van der Waals surface area contributed by atoms with Gasteiger partial charge >= 0.3 is 5.97 Å². The maximum absolute atomic E-state index is 11.5. The molecule has 0 spiro atoms. The molecule has 1 heterocycles. The van der Waals surface area contributed by atoms with Gasteiger partial charge in [-0.05, 0) is 24.1 Å². The lowest BCUT2D eigenvalue weighted by atomic mass is 9.95. The number of benzene rings is 2. The Morgan fingerprint density at radius 3 is 2.52 bits per heavy atom. The Bertz CT molecular complexity index is 781. The minimum Gasteiger partial charge on any atom is -0.478 e. The van der Waals surface area contributed by atoms with E-state index in [1.54, 1.807) is 17.6 Å². The van der Waals surface area contributed by atoms with Gasteiger partial charge < -0.3 is 5.11 Å². The highest BCUT2D eigenvalue weighted by Gasteiger charge is 2.18. The molecule has 0 radical (unpaired) electrons. The van der Waals surface area contributed by atoms with Crippen molar-refractivity contribution in [1.29, 1.82) is 0 Å². The van der Waals surface area contributed by atoms with Crippen molar-refractivity contribution < 1.29 is 9.90 Å². The molecule has 0 aliphatic carbocycles. The molecule has 0 atom stereocenters. The Hall–Kier alpha value is -2.53. The molecule has 0 saturated carbocycles. The van der Waals surface area contributed by atoms with Crippen LogP contribution in [0, 0.1) is 6.92 Å². The fraction of sp³-hybridized carbons (Fsp3) is 0.0625. The van der Waals surface area contributed by atoms with Crippen LogP contribution in [0.5, 0.6) is 0 Å². The highest BCUT2D eigenvalue weighted by Crippen LogP contribution is 2.35. The molecule has 2 aromatic carbocycles. The van der Waals surface area contributed by atoms with E-state index in [1.165, 1.54) is 11.3 Å². The van der Waals surface area contributed by atoms with E-state index in [1.807, 2.05) is 37.3 Å². The molecule has 0 saturated heterocycles. The molecule has 0 fully saturated rings. The SMILES string of the molecule is Cc1ccc(-c2cccc(C(=O)O)c2-c2nncs2)cc1. The molecule has 0 unspecified atom stereocenters. The second-order valence-electron chi connectivity index (χ2n) is 4.64. The predicted molar refractivity (Wildman–Crippen MR) is 82.5 cm³/mol. The van der Waals surface area contributed by atoms with Crippen LogP contribution in [0.3, 0.4) is 0 Å². The van der Waals surface area contributed by atoms with Crippen LogP contribution in [0.15, 0.2) is 48.0 Å². The lowest BCUT2D eigenvalue weighted by Gasteiger charge is -2.10. The number of carboxylic acid groups (broad SMARTS) is 1. The van der Waals surface area contributed by atoms with Gasteiger partial charge in [0.15, 0.2) is 0 Å². The minimum atomic E-state index is -0.964. The van der Waals surface area contributed by atoms with Crippen LogP contribution in [-0.4, -0.2) is 21.3 Å². The molecule has 0 aliphatic rings. The Labute approximate surface area is 125 Å². The average molecular weight is 296 g/mol. The summed E-state index contributed by atoms with van der Waals surface area (Å²) in [5.41, 5.74) is 5.44. The number of aromatic carboxylic acids is 1. The summed E-state index contributed by atoms with van der Waals surface area (Å²) in [6, 6.07) is 13.2. The van der Waals surface area contributed by atoms with Crippen molar-refractivity contribution in [3.63, 3.8) is 0 Å². The van der Waals surface area contributed by atoms with Gasteiger partial charge in [-0.2, -0.15) is 0 Å². The van der Waals surface area contributed by atoms with Crippen molar-refractivity contribution in [2.45, 2.75) is 6.92 Å². The first kappa shape index (κ1) is 13.5. The van der Waals surface area contributed by atoms with Crippen LogP contribution in [0.2, 0.25) is 0 Å². The van der Waals surface area contributed by atoms with Crippen LogP contribution in [0.25, 0.3) is 21.7 Å². The summed E-state index contributed by atoms with van der Waals surface area (Å²) in [5, 5.41) is 17.9. The summed E-state index contributed by atoms with van der Waals surface area (Å²) in [7, 11) is 0. The third-order valence-corrected chi connectivity index (χ3v) is 3.94. The highest BCUT2D eigenvalue weighted by atomic mass is 32.1. The van der Waals surface area contributed by atoms with Gasteiger partial charge in [-0.1, -0.05) is 53.3 Å². The first-order chi connectivity index (χ1) is 10.2. The number of carbonyl (C=O) groups is 1. The van der Waals surface area contributed by atoms with E-state index in [2.05, 4.69) is 10.2 Å². The van der Waals surface area contributed by atoms with Crippen molar-refractivity contribution in [3.8, 4) is 21.7 Å². The number of aryl methyl sites for hydroxylation is 1. The smallest absolute Gasteiger partial charge is 0.336 e. The first-order valence-electron chi connectivity index (χ1n) is 6.36. The summed E-state index contributed by atoms with van der Waals surface area (Å²) in [6.45, 7) is 2.02. The second kappa shape index (κ2) is 5.46. The molecule has 4 nitrogen and oxygen atoms in total. The lowest BCUT2D eigenvalue weighted by molar-refractivity contribution is 0.0698. The quantitative estimate of drug-likeness (QED) is 0.796. The largest absolute Gasteiger partial charge is 0.478 e. The van der Waals surface area contributed by atoms with Gasteiger partial charge in [0, 0.05) is 5.56 Å². The van der Waals surface area contributed by atoms with E-state index in [4.69, 9.17) is 0 Å². The third-order valence-electron chi connectivity index (χ3n) is 3.23. The lowest BCUT2D eigenvalue weighted by Crippen LogP contribution is -2.01. The number of hydrogen-bond acceptors (Lipinski definition) is 4.